The first kappa shape index (κ1) is 21.5. The third-order valence-electron chi connectivity index (χ3n) is 7.16. The van der Waals surface area contributed by atoms with Gasteiger partial charge in [-0.1, -0.05) is 0 Å². The predicted octanol–water partition coefficient (Wildman–Crippen LogP) is 7.47. The van der Waals surface area contributed by atoms with Crippen molar-refractivity contribution in [1.29, 1.82) is 0 Å². The number of Topliss-reactive ketones (excluding diaryl/α,β-unsaturated/α-hetero) is 1. The Bertz CT molecular complexity index is 420. The molecule has 0 saturated heterocycles. The van der Waals surface area contributed by atoms with E-state index in [4.69, 9.17) is 0 Å². The van der Waals surface area contributed by atoms with Crippen molar-refractivity contribution in [1.82, 2.24) is 0 Å². The molecule has 0 aromatic heterocycles. The molecule has 2 aliphatic rings. The molecule has 2 fully saturated rings. The van der Waals surface area contributed by atoms with Gasteiger partial charge in [0.15, 0.2) is 0 Å². The molecule has 0 N–H and O–H groups in total. The molecule has 0 radical (unpaired) electrons. The molecule has 2 unspecified atom stereocenters. The maximum absolute atomic E-state index is 12.2. The van der Waals surface area contributed by atoms with Crippen LogP contribution in [0.15, 0.2) is 10.2 Å². The van der Waals surface area contributed by atoms with Gasteiger partial charge in [0.1, 0.15) is 0 Å². The van der Waals surface area contributed by atoms with Crippen molar-refractivity contribution >= 4 is 24.2 Å². The average molecular weight is 453 g/mol. The molecule has 2 atom stereocenters. The van der Waals surface area contributed by atoms with Crippen LogP contribution in [0.1, 0.15) is 97.8 Å². The molecular weight excluding hydrogens is 411 g/mol. The van der Waals surface area contributed by atoms with Crippen LogP contribution in [-0.4, -0.2) is 24.2 Å². The Morgan fingerprint density at radius 3 is 2.16 bits per heavy atom. The number of carbonyl (C=O) groups is 1. The number of allylic oxidation sites excluding steroid dienone is 1. The Labute approximate surface area is 161 Å². The second-order valence-corrected chi connectivity index (χ2v) is 22.1. The number of fused-ring (bicyclic) bond motifs is 1. The van der Waals surface area contributed by atoms with E-state index in [1.54, 1.807) is 13.3 Å². The third-order valence-corrected chi connectivity index (χ3v) is 21.2. The van der Waals surface area contributed by atoms with Crippen molar-refractivity contribution in [3.63, 3.8) is 0 Å². The Kier molecular flexibility index (Phi) is 9.05. The summed E-state index contributed by atoms with van der Waals surface area (Å²) in [6, 6.07) is 0. The van der Waals surface area contributed by atoms with Gasteiger partial charge in [0.2, 0.25) is 0 Å². The van der Waals surface area contributed by atoms with Crippen LogP contribution < -0.4 is 0 Å². The van der Waals surface area contributed by atoms with E-state index in [0.717, 1.165) is 18.8 Å². The summed E-state index contributed by atoms with van der Waals surface area (Å²) >= 11 is -2.20. The molecule has 25 heavy (non-hydrogen) atoms. The number of rotatable bonds is 11. The summed E-state index contributed by atoms with van der Waals surface area (Å²) in [5.41, 5.74) is 0.280. The van der Waals surface area contributed by atoms with E-state index in [-0.39, 0.29) is 5.41 Å². The molecule has 0 aromatic rings. The summed E-state index contributed by atoms with van der Waals surface area (Å²) < 4.78 is 7.51. The van der Waals surface area contributed by atoms with Crippen LogP contribution in [0.3, 0.4) is 0 Å². The summed E-state index contributed by atoms with van der Waals surface area (Å²) in [6.07, 6.45) is 17.9. The molecule has 2 saturated carbocycles. The molecule has 2 aliphatic carbocycles. The average Bonchev–Trinajstić information content (AvgIpc) is 3.03. The van der Waals surface area contributed by atoms with Gasteiger partial charge in [-0.15, -0.1) is 0 Å². The van der Waals surface area contributed by atoms with Crippen LogP contribution in [-0.2, 0) is 4.79 Å². The number of carbonyl (C=O) groups excluding carboxylic acids is 1. The van der Waals surface area contributed by atoms with Crippen molar-refractivity contribution in [2.24, 2.45) is 11.3 Å². The Morgan fingerprint density at radius 1 is 1.00 bits per heavy atom. The Balaban J connectivity index is 2.21. The standard InChI is InChI=1S/C11H15O.3C4H9.Sn/c1-2-11-7-3-4-9(11)5-6-10(12)8-11;3*1-3-4-2;/h1-2,9H,3-8H2;3*1,3-4H2,2H3;. The van der Waals surface area contributed by atoms with E-state index in [0.29, 0.717) is 5.78 Å². The van der Waals surface area contributed by atoms with Crippen LogP contribution >= 0.6 is 0 Å². The molecule has 0 amide bonds. The SMILES string of the molecule is CCC[CH2][Sn](/[CH]=C/C12CCCC1CCC(=O)C2)([CH2]CCC)[CH2]CCC. The van der Waals surface area contributed by atoms with E-state index in [2.05, 4.69) is 30.9 Å². The van der Waals surface area contributed by atoms with Gasteiger partial charge in [-0.3, -0.25) is 0 Å². The molecule has 0 heterocycles. The van der Waals surface area contributed by atoms with Gasteiger partial charge in [-0.25, -0.2) is 0 Å². The molecule has 2 rings (SSSR count). The molecule has 0 aliphatic heterocycles. The fourth-order valence-corrected chi connectivity index (χ4v) is 20.0. The molecular formula is C23H42OSn. The first-order valence-corrected chi connectivity index (χ1v) is 19.0. The van der Waals surface area contributed by atoms with Gasteiger partial charge in [0.05, 0.1) is 0 Å². The Morgan fingerprint density at radius 2 is 1.60 bits per heavy atom. The Hall–Kier alpha value is 0.209. The quantitative estimate of drug-likeness (QED) is 0.297. The van der Waals surface area contributed by atoms with Gasteiger partial charge >= 0.3 is 162 Å². The molecule has 2 heteroatoms. The third kappa shape index (κ3) is 5.84. The first-order chi connectivity index (χ1) is 12.1. The van der Waals surface area contributed by atoms with Crippen molar-refractivity contribution in [2.75, 3.05) is 0 Å². The van der Waals surface area contributed by atoms with E-state index >= 15 is 0 Å². The number of ketones is 1. The minimum absolute atomic E-state index is 0.280. The predicted molar refractivity (Wildman–Crippen MR) is 113 cm³/mol. The van der Waals surface area contributed by atoms with E-state index in [1.165, 1.54) is 64.2 Å². The molecule has 1 nitrogen and oxygen atoms in total. The zero-order valence-corrected chi connectivity index (χ0v) is 20.1. The summed E-state index contributed by atoms with van der Waals surface area (Å²) in [6.45, 7) is 7.06. The summed E-state index contributed by atoms with van der Waals surface area (Å²) in [5, 5.41) is 0. The summed E-state index contributed by atoms with van der Waals surface area (Å²) in [4.78, 5) is 12.2. The van der Waals surface area contributed by atoms with E-state index in [1.807, 2.05) is 0 Å². The second-order valence-electron chi connectivity index (χ2n) is 9.08. The normalized spacial score (nSPS) is 27.2. The number of hydrogen-bond donors (Lipinski definition) is 0. The molecule has 0 aromatic carbocycles. The molecule has 0 spiro atoms. The zero-order valence-electron chi connectivity index (χ0n) is 17.2. The fraction of sp³-hybridized carbons (Fsp3) is 0.870. The maximum atomic E-state index is 12.2. The van der Waals surface area contributed by atoms with Gasteiger partial charge in [0.25, 0.3) is 0 Å². The van der Waals surface area contributed by atoms with Crippen LogP contribution in [0.25, 0.3) is 0 Å². The number of hydrogen-bond acceptors (Lipinski definition) is 1. The van der Waals surface area contributed by atoms with Crippen molar-refractivity contribution in [3.05, 3.63) is 10.2 Å². The van der Waals surface area contributed by atoms with Gasteiger partial charge in [-0.05, 0) is 0 Å². The van der Waals surface area contributed by atoms with Crippen molar-refractivity contribution in [2.45, 2.75) is 111 Å². The van der Waals surface area contributed by atoms with Gasteiger partial charge in [-0.2, -0.15) is 0 Å². The van der Waals surface area contributed by atoms with Crippen molar-refractivity contribution < 1.29 is 4.79 Å². The number of unbranched alkanes of at least 4 members (excludes halogenated alkanes) is 3. The molecule has 144 valence electrons. The van der Waals surface area contributed by atoms with Crippen LogP contribution in [0, 0.1) is 11.3 Å². The monoisotopic (exact) mass is 454 g/mol. The fourth-order valence-electron chi connectivity index (χ4n) is 5.46. The van der Waals surface area contributed by atoms with Gasteiger partial charge in [0, 0.05) is 0 Å². The van der Waals surface area contributed by atoms with E-state index < -0.39 is 18.4 Å². The zero-order chi connectivity index (χ0) is 18.2. The summed E-state index contributed by atoms with van der Waals surface area (Å²) in [5.74, 6) is 1.35. The second kappa shape index (κ2) is 10.5. The van der Waals surface area contributed by atoms with Crippen LogP contribution in [0.5, 0.6) is 0 Å². The van der Waals surface area contributed by atoms with Crippen LogP contribution in [0.2, 0.25) is 13.3 Å². The van der Waals surface area contributed by atoms with Crippen molar-refractivity contribution in [3.8, 4) is 0 Å². The topological polar surface area (TPSA) is 17.1 Å². The van der Waals surface area contributed by atoms with E-state index in [9.17, 15) is 4.79 Å². The molecule has 0 bridgehead atoms. The van der Waals surface area contributed by atoms with Crippen LogP contribution in [0.4, 0.5) is 0 Å². The first-order valence-electron chi connectivity index (χ1n) is 11.3. The summed E-state index contributed by atoms with van der Waals surface area (Å²) in [7, 11) is 0. The minimum atomic E-state index is -2.20. The van der Waals surface area contributed by atoms with Gasteiger partial charge < -0.3 is 0 Å².